The lowest BCUT2D eigenvalue weighted by atomic mass is 10.3. The average Bonchev–Trinajstić information content (AvgIpc) is 1.88. The molecule has 0 bridgehead atoms. The van der Waals surface area contributed by atoms with Crippen LogP contribution in [0.4, 0.5) is 8.78 Å². The zero-order chi connectivity index (χ0) is 7.56. The largest absolute Gasteiger partial charge is 0.370 e. The van der Waals surface area contributed by atoms with Crippen LogP contribution in [0.1, 0.15) is 0 Å². The van der Waals surface area contributed by atoms with Gasteiger partial charge >= 0.3 is 0 Å². The molecule has 0 aromatic rings. The molecule has 1 unspecified atom stereocenters. The molecule has 1 atom stereocenters. The monoisotopic (exact) mass is 147 g/mol. The average molecular weight is 147 g/mol. The van der Waals surface area contributed by atoms with Crippen molar-refractivity contribution in [1.29, 1.82) is 0 Å². The highest BCUT2D eigenvalue weighted by Crippen LogP contribution is 2.07. The number of rotatable bonds is 1. The van der Waals surface area contributed by atoms with E-state index >= 15 is 0 Å². The minimum absolute atomic E-state index is 0.0350. The summed E-state index contributed by atoms with van der Waals surface area (Å²) in [5, 5.41) is 2.48. The summed E-state index contributed by atoms with van der Waals surface area (Å²) in [6.45, 7) is 0. The summed E-state index contributed by atoms with van der Waals surface area (Å²) >= 11 is 0. The summed E-state index contributed by atoms with van der Waals surface area (Å²) in [5.74, 6) is 0.0350. The van der Waals surface area contributed by atoms with E-state index in [1.807, 2.05) is 0 Å². The zero-order valence-electron chi connectivity index (χ0n) is 5.09. The normalized spacial score (nSPS) is 24.3. The van der Waals surface area contributed by atoms with Crippen LogP contribution in [0.2, 0.25) is 0 Å². The number of nitrogens with two attached hydrogens (primary N) is 1. The first-order valence-electron chi connectivity index (χ1n) is 2.75. The van der Waals surface area contributed by atoms with Gasteiger partial charge in [0.1, 0.15) is 6.04 Å². The van der Waals surface area contributed by atoms with Crippen LogP contribution in [-0.4, -0.2) is 18.4 Å². The highest BCUT2D eigenvalue weighted by atomic mass is 19.3. The van der Waals surface area contributed by atoms with Crippen molar-refractivity contribution >= 4 is 5.96 Å². The maximum atomic E-state index is 11.9. The Morgan fingerprint density at radius 1 is 1.70 bits per heavy atom. The van der Waals surface area contributed by atoms with E-state index in [0.717, 1.165) is 0 Å². The first kappa shape index (κ1) is 6.98. The lowest BCUT2D eigenvalue weighted by Crippen LogP contribution is -2.33. The molecule has 0 spiro atoms. The van der Waals surface area contributed by atoms with Crippen molar-refractivity contribution in [3.8, 4) is 0 Å². The molecule has 3 N–H and O–H groups in total. The second-order valence-corrected chi connectivity index (χ2v) is 1.84. The molecule has 3 nitrogen and oxygen atoms in total. The second-order valence-electron chi connectivity index (χ2n) is 1.84. The van der Waals surface area contributed by atoms with Crippen molar-refractivity contribution in [2.24, 2.45) is 10.7 Å². The Hall–Kier alpha value is -1.13. The molecule has 5 heteroatoms. The fourth-order valence-corrected chi connectivity index (χ4v) is 0.613. The van der Waals surface area contributed by atoms with Crippen molar-refractivity contribution in [2.45, 2.75) is 12.5 Å². The Labute approximate surface area is 56.6 Å². The predicted octanol–water partition coefficient (Wildman–Crippen LogP) is 0.0517. The maximum Gasteiger partial charge on any atom is 0.264 e. The summed E-state index contributed by atoms with van der Waals surface area (Å²) in [5.41, 5.74) is 5.12. The number of hydrogen-bond acceptors (Lipinski definition) is 3. The number of nitrogens with zero attached hydrogens (tertiary/aromatic N) is 1. The highest BCUT2D eigenvalue weighted by Gasteiger charge is 2.17. The third-order valence-electron chi connectivity index (χ3n) is 1.07. The van der Waals surface area contributed by atoms with Gasteiger partial charge in [0.25, 0.3) is 6.43 Å². The van der Waals surface area contributed by atoms with E-state index in [-0.39, 0.29) is 5.96 Å². The number of aliphatic imine (C=N–C) groups is 1. The lowest BCUT2D eigenvalue weighted by molar-refractivity contribution is 0.133. The summed E-state index contributed by atoms with van der Waals surface area (Å²) < 4.78 is 23.7. The number of hydrogen-bond donors (Lipinski definition) is 2. The van der Waals surface area contributed by atoms with Gasteiger partial charge in [-0.25, -0.2) is 13.8 Å². The van der Waals surface area contributed by atoms with Crippen LogP contribution in [0.25, 0.3) is 0 Å². The van der Waals surface area contributed by atoms with Gasteiger partial charge in [-0.1, -0.05) is 0 Å². The number of alkyl halides is 2. The van der Waals surface area contributed by atoms with E-state index in [4.69, 9.17) is 5.73 Å². The minimum Gasteiger partial charge on any atom is -0.370 e. The molecule has 56 valence electrons. The molecular weight excluding hydrogens is 140 g/mol. The molecule has 1 aliphatic heterocycles. The van der Waals surface area contributed by atoms with Gasteiger partial charge in [0.15, 0.2) is 5.96 Å². The van der Waals surface area contributed by atoms with Gasteiger partial charge in [0, 0.05) is 6.20 Å². The van der Waals surface area contributed by atoms with E-state index in [1.54, 1.807) is 0 Å². The molecule has 0 radical (unpaired) electrons. The molecule has 0 saturated heterocycles. The molecule has 0 aromatic heterocycles. The van der Waals surface area contributed by atoms with E-state index in [1.165, 1.54) is 12.3 Å². The van der Waals surface area contributed by atoms with Crippen LogP contribution in [0.5, 0.6) is 0 Å². The Morgan fingerprint density at radius 2 is 2.40 bits per heavy atom. The summed E-state index contributed by atoms with van der Waals surface area (Å²) in [4.78, 5) is 3.43. The van der Waals surface area contributed by atoms with Crippen molar-refractivity contribution in [3.05, 3.63) is 12.3 Å². The van der Waals surface area contributed by atoms with Gasteiger partial charge in [-0.15, -0.1) is 0 Å². The molecule has 10 heavy (non-hydrogen) atoms. The topological polar surface area (TPSA) is 50.4 Å². The molecule has 1 rings (SSSR count). The van der Waals surface area contributed by atoms with Crippen molar-refractivity contribution in [2.75, 3.05) is 0 Å². The van der Waals surface area contributed by atoms with Crippen LogP contribution in [0.3, 0.4) is 0 Å². The van der Waals surface area contributed by atoms with Gasteiger partial charge in [0.05, 0.1) is 0 Å². The van der Waals surface area contributed by atoms with Crippen LogP contribution in [0.15, 0.2) is 17.3 Å². The van der Waals surface area contributed by atoms with E-state index in [9.17, 15) is 8.78 Å². The van der Waals surface area contributed by atoms with Crippen molar-refractivity contribution in [3.63, 3.8) is 0 Å². The highest BCUT2D eigenvalue weighted by molar-refractivity contribution is 5.79. The summed E-state index contributed by atoms with van der Waals surface area (Å²) in [6.07, 6.45) is 0.150. The predicted molar refractivity (Wildman–Crippen MR) is 33.7 cm³/mol. The standard InChI is InChI=1S/C5H7F2N3/c6-4(7)3-1-2-9-5(8)10-3/h1-4H,(H3,8,9,10). The van der Waals surface area contributed by atoms with Crippen LogP contribution < -0.4 is 11.1 Å². The quantitative estimate of drug-likeness (QED) is 0.550. The van der Waals surface area contributed by atoms with Crippen molar-refractivity contribution in [1.82, 2.24) is 5.32 Å². The Kier molecular flexibility index (Phi) is 1.84. The Balaban J connectivity index is 2.61. The van der Waals surface area contributed by atoms with E-state index in [0.29, 0.717) is 0 Å². The number of nitrogens with one attached hydrogen (secondary N) is 1. The first-order chi connectivity index (χ1) is 4.70. The van der Waals surface area contributed by atoms with Gasteiger partial charge in [0.2, 0.25) is 0 Å². The molecule has 0 amide bonds. The molecular formula is C5H7F2N3. The Morgan fingerprint density at radius 3 is 2.80 bits per heavy atom. The van der Waals surface area contributed by atoms with Gasteiger partial charge < -0.3 is 11.1 Å². The smallest absolute Gasteiger partial charge is 0.264 e. The number of halogens is 2. The Bertz CT molecular complexity index is 176. The summed E-state index contributed by atoms with van der Waals surface area (Å²) in [6, 6.07) is -1.08. The molecule has 0 aliphatic carbocycles. The van der Waals surface area contributed by atoms with E-state index < -0.39 is 12.5 Å². The van der Waals surface area contributed by atoms with Gasteiger partial charge in [-0.05, 0) is 6.08 Å². The maximum absolute atomic E-state index is 11.9. The van der Waals surface area contributed by atoms with Crippen LogP contribution in [-0.2, 0) is 0 Å². The van der Waals surface area contributed by atoms with Crippen LogP contribution in [0, 0.1) is 0 Å². The van der Waals surface area contributed by atoms with Crippen molar-refractivity contribution < 1.29 is 8.78 Å². The SMILES string of the molecule is NC1=NC(C(F)F)C=CN1. The number of guanidine groups is 1. The summed E-state index contributed by atoms with van der Waals surface area (Å²) in [7, 11) is 0. The molecule has 0 aromatic carbocycles. The molecule has 0 saturated carbocycles. The fraction of sp³-hybridized carbons (Fsp3) is 0.400. The second kappa shape index (κ2) is 2.64. The van der Waals surface area contributed by atoms with Crippen LogP contribution >= 0.6 is 0 Å². The van der Waals surface area contributed by atoms with Gasteiger partial charge in [-0.3, -0.25) is 0 Å². The fourth-order valence-electron chi connectivity index (χ4n) is 0.613. The first-order valence-corrected chi connectivity index (χ1v) is 2.75. The zero-order valence-corrected chi connectivity index (χ0v) is 5.09. The minimum atomic E-state index is -2.48. The van der Waals surface area contributed by atoms with Gasteiger partial charge in [-0.2, -0.15) is 0 Å². The third kappa shape index (κ3) is 1.43. The molecule has 0 fully saturated rings. The third-order valence-corrected chi connectivity index (χ3v) is 1.07. The van der Waals surface area contributed by atoms with E-state index in [2.05, 4.69) is 10.3 Å². The molecule has 1 heterocycles. The lowest BCUT2D eigenvalue weighted by Gasteiger charge is -2.12. The molecule has 1 aliphatic rings.